The van der Waals surface area contributed by atoms with Crippen molar-refractivity contribution in [1.29, 1.82) is 0 Å². The van der Waals surface area contributed by atoms with Crippen LogP contribution in [0.3, 0.4) is 0 Å². The van der Waals surface area contributed by atoms with Crippen molar-refractivity contribution in [1.82, 2.24) is 10.9 Å². The third-order valence-electron chi connectivity index (χ3n) is 3.97. The van der Waals surface area contributed by atoms with Gasteiger partial charge in [-0.15, -0.1) is 0 Å². The first-order valence-corrected chi connectivity index (χ1v) is 6.98. The third kappa shape index (κ3) is 3.76. The summed E-state index contributed by atoms with van der Waals surface area (Å²) in [6.07, 6.45) is 15.9. The lowest BCUT2D eigenvalue weighted by atomic mass is 9.94. The number of fused-ring (bicyclic) bond motifs is 1. The van der Waals surface area contributed by atoms with Gasteiger partial charge in [-0.3, -0.25) is 10.9 Å². The highest BCUT2D eigenvalue weighted by molar-refractivity contribution is 4.88. The SMILES string of the molecule is C1CCCCCC2NNC2CCCCC1. The molecule has 0 radical (unpaired) electrons. The second kappa shape index (κ2) is 6.49. The fraction of sp³-hybridized carbons (Fsp3) is 1.00. The average Bonchev–Trinajstić information content (AvgIpc) is 2.23. The predicted octanol–water partition coefficient (Wildman–Crippen LogP) is 3.14. The predicted molar refractivity (Wildman–Crippen MR) is 64.6 cm³/mol. The van der Waals surface area contributed by atoms with Crippen LogP contribution in [0.5, 0.6) is 0 Å². The number of hydrazine groups is 1. The van der Waals surface area contributed by atoms with Crippen LogP contribution in [-0.4, -0.2) is 12.1 Å². The molecule has 1 aliphatic heterocycles. The van der Waals surface area contributed by atoms with Crippen molar-refractivity contribution in [3.8, 4) is 0 Å². The van der Waals surface area contributed by atoms with Gasteiger partial charge in [0, 0.05) is 12.1 Å². The minimum absolute atomic E-state index is 0.783. The second-order valence-electron chi connectivity index (χ2n) is 5.26. The summed E-state index contributed by atoms with van der Waals surface area (Å²) in [5.41, 5.74) is 6.73. The molecule has 0 bridgehead atoms. The molecule has 2 N–H and O–H groups in total. The van der Waals surface area contributed by atoms with Gasteiger partial charge in [-0.2, -0.15) is 0 Å². The van der Waals surface area contributed by atoms with Gasteiger partial charge in [-0.05, 0) is 12.8 Å². The molecule has 1 saturated heterocycles. The minimum atomic E-state index is 0.783. The van der Waals surface area contributed by atoms with Gasteiger partial charge in [0.2, 0.25) is 0 Å². The summed E-state index contributed by atoms with van der Waals surface area (Å²) >= 11 is 0. The van der Waals surface area contributed by atoms with Crippen LogP contribution in [0.1, 0.15) is 70.6 Å². The van der Waals surface area contributed by atoms with Gasteiger partial charge in [0.25, 0.3) is 0 Å². The Bertz CT molecular complexity index is 152. The van der Waals surface area contributed by atoms with E-state index < -0.39 is 0 Å². The van der Waals surface area contributed by atoms with E-state index in [0.717, 1.165) is 12.1 Å². The molecule has 2 fully saturated rings. The first kappa shape index (κ1) is 11.4. The Kier molecular flexibility index (Phi) is 4.94. The normalized spacial score (nSPS) is 35.2. The largest absolute Gasteiger partial charge is 0.253 e. The van der Waals surface area contributed by atoms with Crippen LogP contribution in [-0.2, 0) is 0 Å². The highest BCUT2D eigenvalue weighted by atomic mass is 15.5. The van der Waals surface area contributed by atoms with Gasteiger partial charge in [0.15, 0.2) is 0 Å². The molecular weight excluding hydrogens is 184 g/mol. The van der Waals surface area contributed by atoms with Crippen molar-refractivity contribution in [2.75, 3.05) is 0 Å². The van der Waals surface area contributed by atoms with Gasteiger partial charge < -0.3 is 0 Å². The molecule has 2 rings (SSSR count). The van der Waals surface area contributed by atoms with Gasteiger partial charge >= 0.3 is 0 Å². The van der Waals surface area contributed by atoms with E-state index in [1.165, 1.54) is 70.6 Å². The van der Waals surface area contributed by atoms with Crippen LogP contribution in [0.4, 0.5) is 0 Å². The number of rotatable bonds is 0. The maximum Gasteiger partial charge on any atom is 0.0380 e. The van der Waals surface area contributed by atoms with Crippen molar-refractivity contribution in [2.45, 2.75) is 82.7 Å². The van der Waals surface area contributed by atoms with E-state index in [9.17, 15) is 0 Å². The zero-order valence-electron chi connectivity index (χ0n) is 9.93. The average molecular weight is 210 g/mol. The van der Waals surface area contributed by atoms with E-state index in [1.807, 2.05) is 0 Å². The first-order chi connectivity index (χ1) is 7.47. The maximum absolute atomic E-state index is 3.37. The van der Waals surface area contributed by atoms with Crippen molar-refractivity contribution >= 4 is 0 Å². The molecule has 2 heteroatoms. The van der Waals surface area contributed by atoms with Gasteiger partial charge in [0.1, 0.15) is 0 Å². The molecule has 0 spiro atoms. The van der Waals surface area contributed by atoms with E-state index in [0.29, 0.717) is 0 Å². The fourth-order valence-corrected chi connectivity index (χ4v) is 2.83. The fourth-order valence-electron chi connectivity index (χ4n) is 2.83. The van der Waals surface area contributed by atoms with E-state index >= 15 is 0 Å². The van der Waals surface area contributed by atoms with Gasteiger partial charge in [-0.25, -0.2) is 0 Å². The Labute approximate surface area is 94.2 Å². The number of hydrogen-bond donors (Lipinski definition) is 2. The Morgan fingerprint density at radius 1 is 0.467 bits per heavy atom. The number of nitrogens with one attached hydrogen (secondary N) is 2. The molecule has 2 aliphatic rings. The summed E-state index contributed by atoms with van der Waals surface area (Å²) < 4.78 is 0. The second-order valence-corrected chi connectivity index (χ2v) is 5.26. The van der Waals surface area contributed by atoms with Crippen molar-refractivity contribution in [2.24, 2.45) is 0 Å². The van der Waals surface area contributed by atoms with Gasteiger partial charge in [0.05, 0.1) is 0 Å². The Morgan fingerprint density at radius 3 is 1.13 bits per heavy atom. The molecule has 2 atom stereocenters. The summed E-state index contributed by atoms with van der Waals surface area (Å²) in [5.74, 6) is 0. The molecule has 0 aromatic heterocycles. The van der Waals surface area contributed by atoms with Crippen LogP contribution in [0, 0.1) is 0 Å². The quantitative estimate of drug-likeness (QED) is 0.642. The Balaban J connectivity index is 1.69. The standard InChI is InChI=1S/C13H26N2/c1-2-4-6-8-10-12-13(15-14-12)11-9-7-5-3-1/h12-15H,1-11H2. The van der Waals surface area contributed by atoms with Crippen LogP contribution < -0.4 is 10.9 Å². The molecule has 0 aromatic rings. The van der Waals surface area contributed by atoms with E-state index in [4.69, 9.17) is 0 Å². The molecule has 1 aliphatic carbocycles. The molecule has 15 heavy (non-hydrogen) atoms. The monoisotopic (exact) mass is 210 g/mol. The van der Waals surface area contributed by atoms with Crippen molar-refractivity contribution in [3.05, 3.63) is 0 Å². The molecule has 1 heterocycles. The lowest BCUT2D eigenvalue weighted by Gasteiger charge is -2.39. The van der Waals surface area contributed by atoms with Crippen molar-refractivity contribution < 1.29 is 0 Å². The lowest BCUT2D eigenvalue weighted by molar-refractivity contribution is 0.171. The topological polar surface area (TPSA) is 24.1 Å². The van der Waals surface area contributed by atoms with Crippen LogP contribution in [0.15, 0.2) is 0 Å². The molecule has 0 amide bonds. The van der Waals surface area contributed by atoms with Crippen molar-refractivity contribution in [3.63, 3.8) is 0 Å². The van der Waals surface area contributed by atoms with Crippen LogP contribution in [0.2, 0.25) is 0 Å². The molecule has 88 valence electrons. The zero-order valence-corrected chi connectivity index (χ0v) is 9.93. The number of hydrogen-bond acceptors (Lipinski definition) is 2. The maximum atomic E-state index is 3.37. The van der Waals surface area contributed by atoms with E-state index in [-0.39, 0.29) is 0 Å². The van der Waals surface area contributed by atoms with Gasteiger partial charge in [-0.1, -0.05) is 57.8 Å². The summed E-state index contributed by atoms with van der Waals surface area (Å²) in [7, 11) is 0. The molecule has 1 saturated carbocycles. The molecule has 2 nitrogen and oxygen atoms in total. The summed E-state index contributed by atoms with van der Waals surface area (Å²) in [6.45, 7) is 0. The minimum Gasteiger partial charge on any atom is -0.253 e. The molecular formula is C13H26N2. The summed E-state index contributed by atoms with van der Waals surface area (Å²) in [5, 5.41) is 0. The van der Waals surface area contributed by atoms with E-state index in [2.05, 4.69) is 10.9 Å². The van der Waals surface area contributed by atoms with Crippen LogP contribution in [0.25, 0.3) is 0 Å². The lowest BCUT2D eigenvalue weighted by Crippen LogP contribution is -2.67. The first-order valence-electron chi connectivity index (χ1n) is 6.98. The summed E-state index contributed by atoms with van der Waals surface area (Å²) in [4.78, 5) is 0. The van der Waals surface area contributed by atoms with Crippen LogP contribution >= 0.6 is 0 Å². The third-order valence-corrected chi connectivity index (χ3v) is 3.97. The zero-order chi connectivity index (χ0) is 10.3. The Hall–Kier alpha value is -0.0800. The molecule has 0 aromatic carbocycles. The highest BCUT2D eigenvalue weighted by Gasteiger charge is 2.28. The summed E-state index contributed by atoms with van der Waals surface area (Å²) in [6, 6.07) is 1.57. The Morgan fingerprint density at radius 2 is 0.800 bits per heavy atom. The molecule has 2 unspecified atom stereocenters. The van der Waals surface area contributed by atoms with E-state index in [1.54, 1.807) is 0 Å². The highest BCUT2D eigenvalue weighted by Crippen LogP contribution is 2.19. The smallest absolute Gasteiger partial charge is 0.0380 e.